The fraction of sp³-hybridized carbons (Fsp3) is 0.500. The number of nitrogens with zero attached hydrogens (tertiary/aromatic N) is 1. The van der Waals surface area contributed by atoms with Gasteiger partial charge in [0, 0.05) is 18.4 Å². The van der Waals surface area contributed by atoms with Crippen molar-refractivity contribution in [3.63, 3.8) is 0 Å². The number of rotatable bonds is 2. The average molecular weight is 351 g/mol. The molecule has 2 aliphatic heterocycles. The Balaban J connectivity index is 1.93. The lowest BCUT2D eigenvalue weighted by molar-refractivity contribution is -0.120. The lowest BCUT2D eigenvalue weighted by Gasteiger charge is -2.32. The number of benzene rings is 1. The number of halogens is 1. The molecule has 2 saturated heterocycles. The number of urea groups is 1. The molecular formula is C16H20BClN2O4. The summed E-state index contributed by atoms with van der Waals surface area (Å²) in [5, 5.41) is 2.69. The van der Waals surface area contributed by atoms with E-state index in [0.717, 1.165) is 0 Å². The van der Waals surface area contributed by atoms with Crippen LogP contribution < -0.4 is 15.7 Å². The Labute approximate surface area is 146 Å². The zero-order chi connectivity index (χ0) is 17.7. The van der Waals surface area contributed by atoms with Gasteiger partial charge in [0.25, 0.3) is 0 Å². The average Bonchev–Trinajstić information content (AvgIpc) is 2.68. The summed E-state index contributed by atoms with van der Waals surface area (Å²) >= 11 is 6.54. The molecule has 1 aromatic rings. The molecule has 0 radical (unpaired) electrons. The third kappa shape index (κ3) is 2.81. The molecule has 128 valence electrons. The van der Waals surface area contributed by atoms with Gasteiger partial charge < -0.3 is 9.31 Å². The van der Waals surface area contributed by atoms with E-state index in [0.29, 0.717) is 16.2 Å². The fourth-order valence-electron chi connectivity index (χ4n) is 2.69. The molecule has 2 heterocycles. The Kier molecular flexibility index (Phi) is 4.14. The lowest BCUT2D eigenvalue weighted by atomic mass is 9.78. The third-order valence-corrected chi connectivity index (χ3v) is 5.27. The maximum Gasteiger partial charge on any atom is 0.496 e. The van der Waals surface area contributed by atoms with Gasteiger partial charge in [-0.1, -0.05) is 23.7 Å². The van der Waals surface area contributed by atoms with Crippen LogP contribution in [0.5, 0.6) is 0 Å². The van der Waals surface area contributed by atoms with Crippen molar-refractivity contribution in [2.24, 2.45) is 0 Å². The van der Waals surface area contributed by atoms with Crippen molar-refractivity contribution in [3.8, 4) is 0 Å². The third-order valence-electron chi connectivity index (χ3n) is 4.86. The standard InChI is InChI=1S/C16H20BClN2O4/c1-15(2)16(3,4)24-17(23-15)10-6-5-7-11(13(10)18)20-9-8-12(21)19-14(20)22/h5-7H,8-9H2,1-4H3,(H,19,21,22). The van der Waals surface area contributed by atoms with Gasteiger partial charge in [0.1, 0.15) is 0 Å². The monoisotopic (exact) mass is 350 g/mol. The van der Waals surface area contributed by atoms with Crippen molar-refractivity contribution in [1.82, 2.24) is 5.32 Å². The zero-order valence-electron chi connectivity index (χ0n) is 14.2. The fourth-order valence-corrected chi connectivity index (χ4v) is 3.01. The van der Waals surface area contributed by atoms with Crippen LogP contribution in [0.4, 0.5) is 10.5 Å². The van der Waals surface area contributed by atoms with E-state index in [1.807, 2.05) is 33.8 Å². The minimum absolute atomic E-state index is 0.239. The molecule has 0 saturated carbocycles. The number of carbonyl (C=O) groups is 2. The van der Waals surface area contributed by atoms with Gasteiger partial charge in [0.2, 0.25) is 5.91 Å². The molecule has 0 spiro atoms. The molecular weight excluding hydrogens is 330 g/mol. The zero-order valence-corrected chi connectivity index (χ0v) is 14.9. The first-order valence-corrected chi connectivity index (χ1v) is 8.25. The topological polar surface area (TPSA) is 67.9 Å². The second-order valence-corrected chi connectivity index (χ2v) is 7.40. The van der Waals surface area contributed by atoms with Crippen LogP contribution in [0, 0.1) is 0 Å². The van der Waals surface area contributed by atoms with E-state index >= 15 is 0 Å². The quantitative estimate of drug-likeness (QED) is 0.829. The predicted octanol–water partition coefficient (Wildman–Crippen LogP) is 2.09. The van der Waals surface area contributed by atoms with Gasteiger partial charge in [-0.2, -0.15) is 0 Å². The Morgan fingerprint density at radius 2 is 1.79 bits per heavy atom. The van der Waals surface area contributed by atoms with Crippen LogP contribution in [0.2, 0.25) is 5.02 Å². The van der Waals surface area contributed by atoms with E-state index < -0.39 is 24.4 Å². The van der Waals surface area contributed by atoms with E-state index in [1.165, 1.54) is 4.90 Å². The molecule has 0 bridgehead atoms. The second kappa shape index (κ2) is 5.76. The number of carbonyl (C=O) groups excluding carboxylic acids is 2. The second-order valence-electron chi connectivity index (χ2n) is 7.02. The van der Waals surface area contributed by atoms with E-state index in [9.17, 15) is 9.59 Å². The minimum Gasteiger partial charge on any atom is -0.399 e. The first-order valence-electron chi connectivity index (χ1n) is 7.88. The molecule has 8 heteroatoms. The number of hydrogen-bond donors (Lipinski definition) is 1. The van der Waals surface area contributed by atoms with Gasteiger partial charge in [0.15, 0.2) is 0 Å². The van der Waals surface area contributed by atoms with Crippen molar-refractivity contribution in [2.45, 2.75) is 45.3 Å². The van der Waals surface area contributed by atoms with E-state index in [4.69, 9.17) is 20.9 Å². The van der Waals surface area contributed by atoms with Gasteiger partial charge in [-0.05, 0) is 33.8 Å². The Morgan fingerprint density at radius 3 is 2.38 bits per heavy atom. The van der Waals surface area contributed by atoms with Crippen LogP contribution in [-0.4, -0.2) is 36.8 Å². The smallest absolute Gasteiger partial charge is 0.399 e. The molecule has 6 nitrogen and oxygen atoms in total. The first-order chi connectivity index (χ1) is 11.1. The summed E-state index contributed by atoms with van der Waals surface area (Å²) in [6.45, 7) is 8.16. The predicted molar refractivity (Wildman–Crippen MR) is 92.7 cm³/mol. The van der Waals surface area contributed by atoms with Crippen molar-refractivity contribution in [3.05, 3.63) is 23.2 Å². The van der Waals surface area contributed by atoms with Crippen molar-refractivity contribution >= 4 is 41.8 Å². The van der Waals surface area contributed by atoms with Crippen LogP contribution in [0.1, 0.15) is 34.1 Å². The summed E-state index contributed by atoms with van der Waals surface area (Å²) in [6.07, 6.45) is 0.239. The first kappa shape index (κ1) is 17.3. The summed E-state index contributed by atoms with van der Waals surface area (Å²) in [5.41, 5.74) is 0.240. The molecule has 0 aromatic heterocycles. The highest BCUT2D eigenvalue weighted by molar-refractivity contribution is 6.66. The lowest BCUT2D eigenvalue weighted by Crippen LogP contribution is -2.50. The highest BCUT2D eigenvalue weighted by atomic mass is 35.5. The number of imide groups is 1. The molecule has 0 unspecified atom stereocenters. The normalized spacial score (nSPS) is 22.7. The molecule has 3 amide bonds. The molecule has 0 aliphatic carbocycles. The molecule has 2 aliphatic rings. The van der Waals surface area contributed by atoms with Gasteiger partial charge in [-0.15, -0.1) is 0 Å². The minimum atomic E-state index is -0.614. The summed E-state index contributed by atoms with van der Waals surface area (Å²) in [4.78, 5) is 24.8. The van der Waals surface area contributed by atoms with Crippen molar-refractivity contribution < 1.29 is 18.9 Å². The maximum atomic E-state index is 12.1. The van der Waals surface area contributed by atoms with E-state index in [2.05, 4.69) is 5.32 Å². The van der Waals surface area contributed by atoms with Crippen molar-refractivity contribution in [1.29, 1.82) is 0 Å². The molecule has 1 aromatic carbocycles. The van der Waals surface area contributed by atoms with Crippen molar-refractivity contribution in [2.75, 3.05) is 11.4 Å². The van der Waals surface area contributed by atoms with Gasteiger partial charge in [0.05, 0.1) is 21.9 Å². The van der Waals surface area contributed by atoms with E-state index in [-0.39, 0.29) is 18.9 Å². The van der Waals surface area contributed by atoms with Crippen LogP contribution in [0.25, 0.3) is 0 Å². The van der Waals surface area contributed by atoms with Crippen LogP contribution in [0.3, 0.4) is 0 Å². The molecule has 0 atom stereocenters. The van der Waals surface area contributed by atoms with Crippen LogP contribution >= 0.6 is 11.6 Å². The largest absolute Gasteiger partial charge is 0.496 e. The molecule has 2 fully saturated rings. The Morgan fingerprint density at radius 1 is 1.17 bits per heavy atom. The summed E-state index contributed by atoms with van der Waals surface area (Å²) in [6, 6.07) is 4.89. The SMILES string of the molecule is CC1(C)OB(c2cccc(N3CCC(=O)NC3=O)c2Cl)OC1(C)C. The number of nitrogens with one attached hydrogen (secondary N) is 1. The molecule has 1 N–H and O–H groups in total. The number of hydrogen-bond acceptors (Lipinski definition) is 4. The van der Waals surface area contributed by atoms with Crippen LogP contribution in [-0.2, 0) is 14.1 Å². The maximum absolute atomic E-state index is 12.1. The van der Waals surface area contributed by atoms with Gasteiger partial charge >= 0.3 is 13.1 Å². The Hall–Kier alpha value is -1.57. The van der Waals surface area contributed by atoms with Gasteiger partial charge in [-0.3, -0.25) is 15.0 Å². The molecule has 3 rings (SSSR count). The summed E-state index contributed by atoms with van der Waals surface area (Å²) in [5.74, 6) is -0.283. The highest BCUT2D eigenvalue weighted by Crippen LogP contribution is 2.38. The van der Waals surface area contributed by atoms with Gasteiger partial charge in [-0.25, -0.2) is 4.79 Å². The highest BCUT2D eigenvalue weighted by Gasteiger charge is 2.52. The molecule has 24 heavy (non-hydrogen) atoms. The van der Waals surface area contributed by atoms with Crippen LogP contribution in [0.15, 0.2) is 18.2 Å². The number of amides is 3. The Bertz CT molecular complexity index is 691. The number of anilines is 1. The summed E-state index contributed by atoms with van der Waals surface area (Å²) in [7, 11) is -0.614. The summed E-state index contributed by atoms with van der Waals surface area (Å²) < 4.78 is 12.1. The van der Waals surface area contributed by atoms with E-state index in [1.54, 1.807) is 12.1 Å².